The van der Waals surface area contributed by atoms with Gasteiger partial charge >= 0.3 is 0 Å². The Morgan fingerprint density at radius 1 is 1.55 bits per heavy atom. The smallest absolute Gasteiger partial charge is 0.255 e. The summed E-state index contributed by atoms with van der Waals surface area (Å²) in [5.41, 5.74) is 7.44. The van der Waals surface area contributed by atoms with Crippen LogP contribution in [-0.4, -0.2) is 29.4 Å². The van der Waals surface area contributed by atoms with Crippen LogP contribution in [0.15, 0.2) is 35.1 Å². The predicted octanol–water partition coefficient (Wildman–Crippen LogP) is 2.13. The molecule has 0 fully saturated rings. The summed E-state index contributed by atoms with van der Waals surface area (Å²) in [5.74, 6) is -0.211. The molecular weight excluding hydrogens is 324 g/mol. The fraction of sp³-hybridized carbons (Fsp3) is 0.231. The summed E-state index contributed by atoms with van der Waals surface area (Å²) in [6.07, 6.45) is 3.35. The standard InChI is InChI=1S/C13H15BrN4O2/c1-20-5-4-18-8-10(7-16-18)17-13(19)9-2-3-12(15)11(14)6-9/h2-3,6-8H,4-5,15H2,1H3,(H,17,19). The minimum atomic E-state index is -0.211. The number of aromatic nitrogens is 2. The van der Waals surface area contributed by atoms with Gasteiger partial charge in [0.2, 0.25) is 0 Å². The summed E-state index contributed by atoms with van der Waals surface area (Å²) in [6.45, 7) is 1.21. The van der Waals surface area contributed by atoms with Crippen molar-refractivity contribution in [3.63, 3.8) is 0 Å². The third-order valence-electron chi connectivity index (χ3n) is 2.68. The molecule has 0 aliphatic heterocycles. The number of nitrogen functional groups attached to an aromatic ring is 1. The Hall–Kier alpha value is -1.86. The predicted molar refractivity (Wildman–Crippen MR) is 80.6 cm³/mol. The average Bonchev–Trinajstić information content (AvgIpc) is 2.87. The van der Waals surface area contributed by atoms with Gasteiger partial charge in [-0.05, 0) is 34.1 Å². The third kappa shape index (κ3) is 3.58. The topological polar surface area (TPSA) is 82.2 Å². The maximum atomic E-state index is 12.1. The number of rotatable bonds is 5. The van der Waals surface area contributed by atoms with Crippen LogP contribution in [0.2, 0.25) is 0 Å². The van der Waals surface area contributed by atoms with Gasteiger partial charge in [-0.25, -0.2) is 0 Å². The van der Waals surface area contributed by atoms with Crippen LogP contribution in [0, 0.1) is 0 Å². The van der Waals surface area contributed by atoms with Gasteiger partial charge in [0.25, 0.3) is 5.91 Å². The summed E-state index contributed by atoms with van der Waals surface area (Å²) in [6, 6.07) is 5.03. The number of nitrogens with one attached hydrogen (secondary N) is 1. The molecule has 20 heavy (non-hydrogen) atoms. The van der Waals surface area contributed by atoms with Crippen LogP contribution in [0.3, 0.4) is 0 Å². The molecule has 0 radical (unpaired) electrons. The Morgan fingerprint density at radius 2 is 2.35 bits per heavy atom. The molecule has 2 rings (SSSR count). The second-order valence-corrected chi connectivity index (χ2v) is 5.03. The summed E-state index contributed by atoms with van der Waals surface area (Å²) >= 11 is 3.30. The first-order valence-corrected chi connectivity index (χ1v) is 6.77. The number of hydrogen-bond donors (Lipinski definition) is 2. The van der Waals surface area contributed by atoms with Crippen molar-refractivity contribution in [1.82, 2.24) is 9.78 Å². The van der Waals surface area contributed by atoms with Crippen LogP contribution < -0.4 is 11.1 Å². The molecule has 0 unspecified atom stereocenters. The lowest BCUT2D eigenvalue weighted by molar-refractivity contribution is 0.102. The summed E-state index contributed by atoms with van der Waals surface area (Å²) in [5, 5.41) is 6.90. The molecule has 1 heterocycles. The summed E-state index contributed by atoms with van der Waals surface area (Å²) in [4.78, 5) is 12.1. The second-order valence-electron chi connectivity index (χ2n) is 4.18. The van der Waals surface area contributed by atoms with Crippen molar-refractivity contribution < 1.29 is 9.53 Å². The Morgan fingerprint density at radius 3 is 3.05 bits per heavy atom. The first-order valence-electron chi connectivity index (χ1n) is 5.98. The fourth-order valence-electron chi connectivity index (χ4n) is 1.61. The van der Waals surface area contributed by atoms with Crippen LogP contribution in [0.4, 0.5) is 11.4 Å². The van der Waals surface area contributed by atoms with Crippen molar-refractivity contribution in [2.24, 2.45) is 0 Å². The average molecular weight is 339 g/mol. The lowest BCUT2D eigenvalue weighted by atomic mass is 10.2. The molecule has 0 atom stereocenters. The van der Waals surface area contributed by atoms with E-state index in [1.807, 2.05) is 0 Å². The van der Waals surface area contributed by atoms with Gasteiger partial charge in [0.15, 0.2) is 0 Å². The van der Waals surface area contributed by atoms with E-state index < -0.39 is 0 Å². The van der Waals surface area contributed by atoms with Crippen LogP contribution in [0.25, 0.3) is 0 Å². The lowest BCUT2D eigenvalue weighted by Gasteiger charge is -2.04. The zero-order chi connectivity index (χ0) is 14.5. The van der Waals surface area contributed by atoms with Crippen molar-refractivity contribution in [3.05, 3.63) is 40.6 Å². The monoisotopic (exact) mass is 338 g/mol. The molecule has 0 saturated carbocycles. The molecule has 0 aliphatic rings. The van der Waals surface area contributed by atoms with Crippen molar-refractivity contribution in [2.75, 3.05) is 24.8 Å². The third-order valence-corrected chi connectivity index (χ3v) is 3.37. The van der Waals surface area contributed by atoms with E-state index in [0.717, 1.165) is 0 Å². The van der Waals surface area contributed by atoms with Crippen LogP contribution in [0.5, 0.6) is 0 Å². The molecule has 2 aromatic rings. The second kappa shape index (κ2) is 6.53. The molecule has 0 saturated heterocycles. The van der Waals surface area contributed by atoms with Gasteiger partial charge in [0.1, 0.15) is 0 Å². The zero-order valence-electron chi connectivity index (χ0n) is 11.0. The molecule has 1 amide bonds. The molecular formula is C13H15BrN4O2. The highest BCUT2D eigenvalue weighted by molar-refractivity contribution is 9.10. The largest absolute Gasteiger partial charge is 0.398 e. The molecule has 0 bridgehead atoms. The number of methoxy groups -OCH3 is 1. The number of hydrogen-bond acceptors (Lipinski definition) is 4. The number of carbonyl (C=O) groups excluding carboxylic acids is 1. The maximum Gasteiger partial charge on any atom is 0.255 e. The number of nitrogens with zero attached hydrogens (tertiary/aromatic N) is 2. The minimum absolute atomic E-state index is 0.211. The van der Waals surface area contributed by atoms with E-state index in [1.165, 1.54) is 0 Å². The number of anilines is 2. The van der Waals surface area contributed by atoms with E-state index in [4.69, 9.17) is 10.5 Å². The number of ether oxygens (including phenoxy) is 1. The van der Waals surface area contributed by atoms with Crippen molar-refractivity contribution in [3.8, 4) is 0 Å². The van der Waals surface area contributed by atoms with Crippen molar-refractivity contribution >= 4 is 33.2 Å². The van der Waals surface area contributed by atoms with Crippen LogP contribution in [0.1, 0.15) is 10.4 Å². The molecule has 3 N–H and O–H groups in total. The fourth-order valence-corrected chi connectivity index (χ4v) is 1.99. The Labute approximate surface area is 125 Å². The molecule has 1 aromatic heterocycles. The van der Waals surface area contributed by atoms with Crippen molar-refractivity contribution in [2.45, 2.75) is 6.54 Å². The normalized spacial score (nSPS) is 10.5. The number of halogens is 1. The molecule has 6 nitrogen and oxygen atoms in total. The lowest BCUT2D eigenvalue weighted by Crippen LogP contribution is -2.11. The maximum absolute atomic E-state index is 12.1. The highest BCUT2D eigenvalue weighted by Crippen LogP contribution is 2.21. The van der Waals surface area contributed by atoms with Crippen LogP contribution in [-0.2, 0) is 11.3 Å². The highest BCUT2D eigenvalue weighted by Gasteiger charge is 2.09. The molecule has 7 heteroatoms. The summed E-state index contributed by atoms with van der Waals surface area (Å²) < 4.78 is 7.37. The number of amides is 1. The number of carbonyl (C=O) groups is 1. The van der Waals surface area contributed by atoms with Gasteiger partial charge in [-0.2, -0.15) is 5.10 Å². The van der Waals surface area contributed by atoms with Gasteiger partial charge in [-0.3, -0.25) is 9.48 Å². The SMILES string of the molecule is COCCn1cc(NC(=O)c2ccc(N)c(Br)c2)cn1. The summed E-state index contributed by atoms with van der Waals surface area (Å²) in [7, 11) is 1.63. The van der Waals surface area contributed by atoms with Gasteiger partial charge < -0.3 is 15.8 Å². The first kappa shape index (κ1) is 14.5. The van der Waals surface area contributed by atoms with E-state index in [2.05, 4.69) is 26.3 Å². The van der Waals surface area contributed by atoms with E-state index >= 15 is 0 Å². The highest BCUT2D eigenvalue weighted by atomic mass is 79.9. The van der Waals surface area contributed by atoms with Gasteiger partial charge in [0.05, 0.1) is 25.0 Å². The molecule has 0 spiro atoms. The Kier molecular flexibility index (Phi) is 4.75. The Balaban J connectivity index is 2.03. The first-order chi connectivity index (χ1) is 9.60. The number of nitrogens with two attached hydrogens (primary N) is 1. The molecule has 0 aliphatic carbocycles. The van der Waals surface area contributed by atoms with Gasteiger partial charge in [-0.1, -0.05) is 0 Å². The van der Waals surface area contributed by atoms with E-state index in [1.54, 1.807) is 42.4 Å². The number of benzene rings is 1. The van der Waals surface area contributed by atoms with E-state index in [9.17, 15) is 4.79 Å². The van der Waals surface area contributed by atoms with E-state index in [-0.39, 0.29) is 5.91 Å². The molecule has 1 aromatic carbocycles. The quantitative estimate of drug-likeness (QED) is 0.818. The van der Waals surface area contributed by atoms with E-state index in [0.29, 0.717) is 34.6 Å². The van der Waals surface area contributed by atoms with Crippen LogP contribution >= 0.6 is 15.9 Å². The molecule has 106 valence electrons. The zero-order valence-corrected chi connectivity index (χ0v) is 12.6. The minimum Gasteiger partial charge on any atom is -0.398 e. The Bertz CT molecular complexity index is 612. The van der Waals surface area contributed by atoms with Crippen molar-refractivity contribution in [1.29, 1.82) is 0 Å². The van der Waals surface area contributed by atoms with Gasteiger partial charge in [0, 0.05) is 29.0 Å². The van der Waals surface area contributed by atoms with Gasteiger partial charge in [-0.15, -0.1) is 0 Å².